The van der Waals surface area contributed by atoms with Gasteiger partial charge in [0.05, 0.1) is 14.7 Å². The van der Waals surface area contributed by atoms with Crippen LogP contribution in [0.4, 0.5) is 0 Å². The van der Waals surface area contributed by atoms with Crippen LogP contribution in [0.3, 0.4) is 0 Å². The molecule has 0 saturated heterocycles. The predicted octanol–water partition coefficient (Wildman–Crippen LogP) is 2.10. The predicted molar refractivity (Wildman–Crippen MR) is 67.4 cm³/mol. The Balaban J connectivity index is 2.55. The lowest BCUT2D eigenvalue weighted by Crippen LogP contribution is -2.02. The van der Waals surface area contributed by atoms with Crippen molar-refractivity contribution in [2.45, 2.75) is 14.7 Å². The van der Waals surface area contributed by atoms with E-state index in [-0.39, 0.29) is 14.7 Å². The lowest BCUT2D eigenvalue weighted by Gasteiger charge is -2.05. The summed E-state index contributed by atoms with van der Waals surface area (Å²) >= 11 is -2.19. The van der Waals surface area contributed by atoms with Crippen molar-refractivity contribution in [3.63, 3.8) is 0 Å². The van der Waals surface area contributed by atoms with E-state index >= 15 is 0 Å². The molecule has 4 nitrogen and oxygen atoms in total. The molecule has 1 unspecified atom stereocenters. The fourth-order valence-electron chi connectivity index (χ4n) is 1.49. The highest BCUT2D eigenvalue weighted by Crippen LogP contribution is 2.22. The van der Waals surface area contributed by atoms with E-state index in [1.165, 1.54) is 36.4 Å². The first-order valence-corrected chi connectivity index (χ1v) is 7.62. The summed E-state index contributed by atoms with van der Waals surface area (Å²) in [7, 11) is -3.64. The fourth-order valence-corrected chi connectivity index (χ4v) is 3.31. The molecule has 6 heteroatoms. The number of hydrogen-bond acceptors (Lipinski definition) is 3. The van der Waals surface area contributed by atoms with Gasteiger partial charge >= 0.3 is 0 Å². The summed E-state index contributed by atoms with van der Waals surface area (Å²) in [5.41, 5.74) is 0. The van der Waals surface area contributed by atoms with Crippen LogP contribution in [0, 0.1) is 0 Å². The molecule has 0 saturated carbocycles. The van der Waals surface area contributed by atoms with E-state index in [1.54, 1.807) is 18.2 Å². The van der Waals surface area contributed by atoms with Crippen LogP contribution in [-0.4, -0.2) is 17.2 Å². The molecule has 0 spiro atoms. The first-order chi connectivity index (χ1) is 8.51. The number of benzene rings is 2. The molecule has 0 aromatic heterocycles. The van der Waals surface area contributed by atoms with Crippen LogP contribution in [-0.2, 0) is 20.9 Å². The van der Waals surface area contributed by atoms with E-state index in [2.05, 4.69) is 0 Å². The summed E-state index contributed by atoms with van der Waals surface area (Å²) < 4.78 is 44.4. The fraction of sp³-hybridized carbons (Fsp3) is 0. The Labute approximate surface area is 107 Å². The third-order valence-corrected chi connectivity index (χ3v) is 4.80. The van der Waals surface area contributed by atoms with E-state index in [9.17, 15) is 12.6 Å². The highest BCUT2D eigenvalue weighted by molar-refractivity contribution is 7.91. The van der Waals surface area contributed by atoms with Crippen molar-refractivity contribution in [1.29, 1.82) is 0 Å². The van der Waals surface area contributed by atoms with E-state index in [0.29, 0.717) is 0 Å². The van der Waals surface area contributed by atoms with Crippen molar-refractivity contribution >= 4 is 20.9 Å². The molecule has 2 rings (SSSR count). The van der Waals surface area contributed by atoms with Crippen LogP contribution < -0.4 is 0 Å². The minimum Gasteiger partial charge on any atom is -0.302 e. The van der Waals surface area contributed by atoms with Crippen LogP contribution in [0.15, 0.2) is 69.3 Å². The van der Waals surface area contributed by atoms with Gasteiger partial charge < -0.3 is 4.55 Å². The van der Waals surface area contributed by atoms with Crippen molar-refractivity contribution in [2.75, 3.05) is 0 Å². The molecule has 0 aliphatic rings. The van der Waals surface area contributed by atoms with Crippen LogP contribution in [0.5, 0.6) is 0 Å². The summed E-state index contributed by atoms with van der Waals surface area (Å²) in [5.74, 6) is 0. The molecule has 2 aromatic rings. The Bertz CT molecular complexity index is 678. The second kappa shape index (κ2) is 5.01. The summed E-state index contributed by atoms with van der Waals surface area (Å²) in [4.78, 5) is 0.228. The summed E-state index contributed by atoms with van der Waals surface area (Å²) in [6, 6.07) is 13.4. The van der Waals surface area contributed by atoms with Gasteiger partial charge in [-0.25, -0.2) is 12.6 Å². The van der Waals surface area contributed by atoms with Gasteiger partial charge in [-0.3, -0.25) is 0 Å². The van der Waals surface area contributed by atoms with Crippen LogP contribution in [0.1, 0.15) is 0 Å². The van der Waals surface area contributed by atoms with Gasteiger partial charge in [0.15, 0.2) is 11.1 Å². The van der Waals surface area contributed by atoms with Crippen LogP contribution in [0.25, 0.3) is 0 Å². The molecule has 0 amide bonds. The molecule has 0 fully saturated rings. The monoisotopic (exact) mass is 282 g/mol. The van der Waals surface area contributed by atoms with Crippen molar-refractivity contribution in [3.8, 4) is 0 Å². The van der Waals surface area contributed by atoms with Crippen molar-refractivity contribution < 1.29 is 17.2 Å². The third kappa shape index (κ3) is 2.50. The molecule has 0 heterocycles. The van der Waals surface area contributed by atoms with Crippen molar-refractivity contribution in [1.82, 2.24) is 0 Å². The number of hydrogen-bond donors (Lipinski definition) is 1. The molecule has 18 heavy (non-hydrogen) atoms. The average Bonchev–Trinajstić information content (AvgIpc) is 2.40. The SMILES string of the molecule is O=S(O)c1cccc(S(=O)(=O)c2ccccc2)c1. The van der Waals surface area contributed by atoms with E-state index in [0.717, 1.165) is 0 Å². The van der Waals surface area contributed by atoms with Gasteiger partial charge in [-0.15, -0.1) is 0 Å². The van der Waals surface area contributed by atoms with E-state index in [1.807, 2.05) is 0 Å². The maximum Gasteiger partial charge on any atom is 0.206 e. The Morgan fingerprint density at radius 2 is 1.50 bits per heavy atom. The highest BCUT2D eigenvalue weighted by Gasteiger charge is 2.18. The lowest BCUT2D eigenvalue weighted by molar-refractivity contribution is 0.564. The molecule has 0 bridgehead atoms. The topological polar surface area (TPSA) is 71.4 Å². The van der Waals surface area contributed by atoms with Gasteiger partial charge in [0.25, 0.3) is 0 Å². The highest BCUT2D eigenvalue weighted by atomic mass is 32.2. The molecular formula is C12H10O4S2. The van der Waals surface area contributed by atoms with Gasteiger partial charge in [-0.2, -0.15) is 0 Å². The van der Waals surface area contributed by atoms with Crippen molar-refractivity contribution in [3.05, 3.63) is 54.6 Å². The van der Waals surface area contributed by atoms with Gasteiger partial charge in [-0.1, -0.05) is 24.3 Å². The maximum absolute atomic E-state index is 12.2. The summed E-state index contributed by atoms with van der Waals surface area (Å²) in [6.45, 7) is 0. The quantitative estimate of drug-likeness (QED) is 0.875. The maximum atomic E-state index is 12.2. The molecule has 0 aliphatic carbocycles. The Morgan fingerprint density at radius 1 is 0.889 bits per heavy atom. The van der Waals surface area contributed by atoms with Crippen LogP contribution in [0.2, 0.25) is 0 Å². The van der Waals surface area contributed by atoms with E-state index in [4.69, 9.17) is 4.55 Å². The second-order valence-corrected chi connectivity index (χ2v) is 6.46. The molecule has 94 valence electrons. The van der Waals surface area contributed by atoms with Gasteiger partial charge in [0.1, 0.15) is 0 Å². The molecule has 1 N–H and O–H groups in total. The van der Waals surface area contributed by atoms with Gasteiger partial charge in [0, 0.05) is 0 Å². The molecule has 0 radical (unpaired) electrons. The largest absolute Gasteiger partial charge is 0.302 e. The first kappa shape index (κ1) is 12.9. The zero-order chi connectivity index (χ0) is 13.2. The standard InChI is InChI=1S/C12H10O4S2/c13-17(14)10-5-4-8-12(9-10)18(15,16)11-6-2-1-3-7-11/h1-9H,(H,13,14). The molecule has 1 atom stereocenters. The second-order valence-electron chi connectivity index (χ2n) is 3.54. The number of rotatable bonds is 3. The Morgan fingerprint density at radius 3 is 2.11 bits per heavy atom. The summed E-state index contributed by atoms with van der Waals surface area (Å²) in [5, 5.41) is 0. The zero-order valence-electron chi connectivity index (χ0n) is 9.18. The zero-order valence-corrected chi connectivity index (χ0v) is 10.8. The van der Waals surface area contributed by atoms with E-state index < -0.39 is 20.9 Å². The third-order valence-electron chi connectivity index (χ3n) is 2.37. The minimum atomic E-state index is -3.64. The normalized spacial score (nSPS) is 13.2. The molecular weight excluding hydrogens is 272 g/mol. The average molecular weight is 282 g/mol. The van der Waals surface area contributed by atoms with Gasteiger partial charge in [-0.05, 0) is 30.3 Å². The van der Waals surface area contributed by atoms with Crippen LogP contribution >= 0.6 is 0 Å². The van der Waals surface area contributed by atoms with Crippen molar-refractivity contribution in [2.24, 2.45) is 0 Å². The Kier molecular flexibility index (Phi) is 3.60. The minimum absolute atomic E-state index is 0.00796. The molecule has 2 aromatic carbocycles. The molecule has 0 aliphatic heterocycles. The smallest absolute Gasteiger partial charge is 0.206 e. The lowest BCUT2D eigenvalue weighted by atomic mass is 10.4. The van der Waals surface area contributed by atoms with Gasteiger partial charge in [0.2, 0.25) is 9.84 Å². The first-order valence-electron chi connectivity index (χ1n) is 5.03. The number of sulfone groups is 1. The summed E-state index contributed by atoms with van der Waals surface area (Å²) in [6.07, 6.45) is 0. The Hall–Kier alpha value is -1.50.